The second-order valence-electron chi connectivity index (χ2n) is 6.71. The monoisotopic (exact) mass is 398 g/mol. The molecule has 0 saturated heterocycles. The minimum Gasteiger partial charge on any atom is -0.269 e. The van der Waals surface area contributed by atoms with Crippen LogP contribution < -0.4 is 5.30 Å². The van der Waals surface area contributed by atoms with E-state index in [0.717, 1.165) is 22.0 Å². The van der Waals surface area contributed by atoms with E-state index in [1.165, 1.54) is 0 Å². The van der Waals surface area contributed by atoms with Gasteiger partial charge in [0.1, 0.15) is 0 Å². The summed E-state index contributed by atoms with van der Waals surface area (Å²) in [5.41, 5.74) is 4.76. The maximum absolute atomic E-state index is 11.0. The zero-order valence-electron chi connectivity index (χ0n) is 15.5. The Bertz CT molecular complexity index is 1350. The van der Waals surface area contributed by atoms with Gasteiger partial charge in [-0.2, -0.15) is 0 Å². The van der Waals surface area contributed by atoms with Gasteiger partial charge in [-0.05, 0) is 42.8 Å². The Balaban J connectivity index is 1.57. The van der Waals surface area contributed by atoms with Crippen molar-refractivity contribution in [3.63, 3.8) is 0 Å². The van der Waals surface area contributed by atoms with Crippen LogP contribution in [0.2, 0.25) is 0 Å². The van der Waals surface area contributed by atoms with E-state index < -0.39 is 0 Å². The predicted molar refractivity (Wildman–Crippen MR) is 111 cm³/mol. The molecule has 0 aliphatic rings. The summed E-state index contributed by atoms with van der Waals surface area (Å²) in [7, 11) is -0.00153. The topological polar surface area (TPSA) is 86.5 Å². The standard InChI is InChI=1S/C21H15N6OP/c1-13(15-6-9-18-16(11-15)3-2-10-22-18)27-21-20(25-26-27)23-12-19(24-21)14-4-7-17(29-28)8-5-14/h2-13H,1H3. The molecule has 0 saturated carbocycles. The fourth-order valence-corrected chi connectivity index (χ4v) is 3.59. The second kappa shape index (κ2) is 7.11. The highest BCUT2D eigenvalue weighted by Gasteiger charge is 2.16. The molecule has 0 aliphatic carbocycles. The Morgan fingerprint density at radius 3 is 2.72 bits per heavy atom. The quantitative estimate of drug-likeness (QED) is 0.426. The minimum atomic E-state index is -0.0733. The van der Waals surface area contributed by atoms with E-state index in [9.17, 15) is 4.57 Å². The average Bonchev–Trinajstić information content (AvgIpc) is 3.21. The van der Waals surface area contributed by atoms with Crippen molar-refractivity contribution in [3.8, 4) is 11.3 Å². The van der Waals surface area contributed by atoms with Crippen LogP contribution in [-0.2, 0) is 4.57 Å². The molecule has 1 unspecified atom stereocenters. The highest BCUT2D eigenvalue weighted by atomic mass is 31.1. The third-order valence-corrected chi connectivity index (χ3v) is 5.44. The van der Waals surface area contributed by atoms with Crippen LogP contribution in [0.3, 0.4) is 0 Å². The summed E-state index contributed by atoms with van der Waals surface area (Å²) in [5.74, 6) is 0. The third kappa shape index (κ3) is 3.15. The van der Waals surface area contributed by atoms with Crippen LogP contribution in [0.4, 0.5) is 0 Å². The summed E-state index contributed by atoms with van der Waals surface area (Å²) in [6.45, 7) is 2.06. The molecule has 3 heterocycles. The summed E-state index contributed by atoms with van der Waals surface area (Å²) in [5, 5.41) is 10.3. The molecule has 0 N–H and O–H groups in total. The van der Waals surface area contributed by atoms with Crippen molar-refractivity contribution in [1.29, 1.82) is 0 Å². The molecule has 0 bridgehead atoms. The first-order chi connectivity index (χ1) is 14.2. The summed E-state index contributed by atoms with van der Waals surface area (Å²) < 4.78 is 12.8. The zero-order valence-corrected chi connectivity index (χ0v) is 16.4. The van der Waals surface area contributed by atoms with Crippen molar-refractivity contribution in [2.75, 3.05) is 0 Å². The Kier molecular flexibility index (Phi) is 4.30. The summed E-state index contributed by atoms with van der Waals surface area (Å²) >= 11 is 0. The largest absolute Gasteiger partial charge is 0.269 e. The van der Waals surface area contributed by atoms with E-state index in [1.54, 1.807) is 29.2 Å². The molecule has 3 aromatic heterocycles. The maximum Gasteiger partial charge on any atom is 0.221 e. The van der Waals surface area contributed by atoms with E-state index in [4.69, 9.17) is 4.98 Å². The first-order valence-electron chi connectivity index (χ1n) is 9.09. The second-order valence-corrected chi connectivity index (χ2v) is 7.41. The number of rotatable bonds is 4. The molecule has 0 aliphatic heterocycles. The molecule has 5 rings (SSSR count). The number of aromatic nitrogens is 6. The number of pyridine rings is 1. The number of hydrogen-bond acceptors (Lipinski definition) is 6. The Morgan fingerprint density at radius 1 is 1.03 bits per heavy atom. The molecule has 0 spiro atoms. The van der Waals surface area contributed by atoms with Crippen molar-refractivity contribution < 1.29 is 4.57 Å². The predicted octanol–water partition coefficient (Wildman–Crippen LogP) is 3.96. The molecule has 1 atom stereocenters. The first kappa shape index (κ1) is 17.5. The molecular formula is C21H15N6OP. The normalized spacial score (nSPS) is 12.6. The fraction of sp³-hybridized carbons (Fsp3) is 0.0952. The maximum atomic E-state index is 11.0. The lowest BCUT2D eigenvalue weighted by Gasteiger charge is -2.13. The smallest absolute Gasteiger partial charge is 0.221 e. The van der Waals surface area contributed by atoms with E-state index in [0.29, 0.717) is 22.3 Å². The number of fused-ring (bicyclic) bond motifs is 2. The zero-order chi connectivity index (χ0) is 19.8. The van der Waals surface area contributed by atoms with Crippen LogP contribution in [0.25, 0.3) is 33.5 Å². The van der Waals surface area contributed by atoms with E-state index >= 15 is 0 Å². The lowest BCUT2D eigenvalue weighted by atomic mass is 10.1. The molecule has 0 radical (unpaired) electrons. The van der Waals surface area contributed by atoms with E-state index in [1.807, 2.05) is 36.4 Å². The average molecular weight is 398 g/mol. The van der Waals surface area contributed by atoms with Crippen LogP contribution in [0.15, 0.2) is 67.0 Å². The molecule has 2 aromatic carbocycles. The summed E-state index contributed by atoms with van der Waals surface area (Å²) in [6, 6.07) is 17.4. The van der Waals surface area contributed by atoms with E-state index in [2.05, 4.69) is 33.3 Å². The highest BCUT2D eigenvalue weighted by molar-refractivity contribution is 7.34. The molecule has 140 valence electrons. The van der Waals surface area contributed by atoms with Crippen LogP contribution >= 0.6 is 8.46 Å². The Labute approximate surface area is 167 Å². The van der Waals surface area contributed by atoms with Gasteiger partial charge in [0, 0.05) is 22.5 Å². The lowest BCUT2D eigenvalue weighted by Crippen LogP contribution is -2.09. The van der Waals surface area contributed by atoms with Crippen LogP contribution in [-0.4, -0.2) is 29.9 Å². The SMILES string of the molecule is CC(c1ccc2ncccc2c1)n1nnc2ncc(-c3ccc(P=O)cc3)nc21. The molecule has 7 nitrogen and oxygen atoms in total. The van der Waals surface area contributed by atoms with Gasteiger partial charge in [-0.15, -0.1) is 5.10 Å². The Morgan fingerprint density at radius 2 is 1.90 bits per heavy atom. The first-order valence-corrected chi connectivity index (χ1v) is 9.90. The molecule has 5 aromatic rings. The van der Waals surface area contributed by atoms with Gasteiger partial charge in [-0.1, -0.05) is 29.5 Å². The van der Waals surface area contributed by atoms with Crippen molar-refractivity contribution in [1.82, 2.24) is 29.9 Å². The molecular weight excluding hydrogens is 383 g/mol. The van der Waals surface area contributed by atoms with Crippen molar-refractivity contribution >= 4 is 36.0 Å². The van der Waals surface area contributed by atoms with Crippen molar-refractivity contribution in [2.24, 2.45) is 0 Å². The molecule has 0 amide bonds. The van der Waals surface area contributed by atoms with Gasteiger partial charge in [0.25, 0.3) is 0 Å². The number of benzene rings is 2. The van der Waals surface area contributed by atoms with Crippen molar-refractivity contribution in [3.05, 3.63) is 72.6 Å². The van der Waals surface area contributed by atoms with E-state index in [-0.39, 0.29) is 14.5 Å². The Hall–Kier alpha value is -3.57. The number of hydrogen-bond donors (Lipinski definition) is 0. The summed E-state index contributed by atoms with van der Waals surface area (Å²) in [4.78, 5) is 13.5. The van der Waals surface area contributed by atoms with Gasteiger partial charge < -0.3 is 0 Å². The van der Waals surface area contributed by atoms with Crippen LogP contribution in [0, 0.1) is 0 Å². The molecule has 8 heteroatoms. The fourth-order valence-electron chi connectivity index (χ4n) is 3.32. The van der Waals surface area contributed by atoms with Gasteiger partial charge in [-0.3, -0.25) is 9.55 Å². The van der Waals surface area contributed by atoms with Gasteiger partial charge >= 0.3 is 0 Å². The van der Waals surface area contributed by atoms with Gasteiger partial charge in [0.05, 0.1) is 23.4 Å². The highest BCUT2D eigenvalue weighted by Crippen LogP contribution is 2.25. The van der Waals surface area contributed by atoms with Crippen molar-refractivity contribution in [2.45, 2.75) is 13.0 Å². The molecule has 29 heavy (non-hydrogen) atoms. The number of nitrogens with zero attached hydrogens (tertiary/aromatic N) is 6. The van der Waals surface area contributed by atoms with Gasteiger partial charge in [0.2, 0.25) is 5.65 Å². The van der Waals surface area contributed by atoms with Gasteiger partial charge in [0.15, 0.2) is 14.1 Å². The molecule has 0 fully saturated rings. The van der Waals surface area contributed by atoms with Gasteiger partial charge in [-0.25, -0.2) is 14.6 Å². The third-order valence-electron chi connectivity index (χ3n) is 4.93. The summed E-state index contributed by atoms with van der Waals surface area (Å²) in [6.07, 6.45) is 3.47. The lowest BCUT2D eigenvalue weighted by molar-refractivity contribution is 0.556. The minimum absolute atomic E-state index is 0.00153. The van der Waals surface area contributed by atoms with Crippen LogP contribution in [0.5, 0.6) is 0 Å². The van der Waals surface area contributed by atoms with Crippen LogP contribution in [0.1, 0.15) is 18.5 Å².